The van der Waals surface area contributed by atoms with E-state index in [0.29, 0.717) is 62.5 Å². The molecule has 4 amide bonds. The Hall–Kier alpha value is -3.90. The fraction of sp³-hybridized carbons (Fsp3) is 0.600. The molecule has 0 spiro atoms. The molecule has 1 aliphatic rings. The monoisotopic (exact) mass is 727 g/mol. The number of aliphatic hydroxyl groups is 1. The zero-order valence-electron chi connectivity index (χ0n) is 31.7. The maximum atomic E-state index is 14.1. The summed E-state index contributed by atoms with van der Waals surface area (Å²) in [5.74, 6) is -1.87. The van der Waals surface area contributed by atoms with Crippen molar-refractivity contribution < 1.29 is 33.1 Å². The zero-order valence-corrected chi connectivity index (χ0v) is 31.7. The molecular formula is C40H59F2N5O5. The van der Waals surface area contributed by atoms with E-state index in [1.807, 2.05) is 32.8 Å². The lowest BCUT2D eigenvalue weighted by molar-refractivity contribution is -0.133. The Bertz CT molecular complexity index is 1450. The molecule has 3 rings (SSSR count). The number of benzene rings is 2. The summed E-state index contributed by atoms with van der Waals surface area (Å²) in [6.45, 7) is 9.40. The van der Waals surface area contributed by atoms with Crippen LogP contribution in [0, 0.1) is 24.5 Å². The largest absolute Gasteiger partial charge is 0.391 e. The second-order valence-electron chi connectivity index (χ2n) is 14.4. The van der Waals surface area contributed by atoms with Crippen molar-refractivity contribution in [1.82, 2.24) is 25.3 Å². The summed E-state index contributed by atoms with van der Waals surface area (Å²) in [6.07, 6.45) is 4.59. The molecule has 0 aromatic heterocycles. The number of carbonyl (C=O) groups is 4. The lowest BCUT2D eigenvalue weighted by Crippen LogP contribution is -2.46. The number of amides is 4. The van der Waals surface area contributed by atoms with Crippen LogP contribution in [0.1, 0.15) is 103 Å². The molecule has 1 heterocycles. The van der Waals surface area contributed by atoms with Gasteiger partial charge in [-0.3, -0.25) is 19.2 Å². The Morgan fingerprint density at radius 2 is 1.54 bits per heavy atom. The van der Waals surface area contributed by atoms with Crippen molar-refractivity contribution in [3.05, 3.63) is 70.3 Å². The van der Waals surface area contributed by atoms with Crippen LogP contribution in [0.15, 0.2) is 36.4 Å². The molecule has 2 aromatic carbocycles. The number of nitrogens with one attached hydrogen (secondary N) is 2. The summed E-state index contributed by atoms with van der Waals surface area (Å²) in [7, 11) is 3.99. The number of likely N-dealkylation sites (tertiary alicyclic amines) is 1. The van der Waals surface area contributed by atoms with E-state index in [4.69, 9.17) is 0 Å². The molecule has 12 heteroatoms. The molecule has 10 nitrogen and oxygen atoms in total. The third-order valence-corrected chi connectivity index (χ3v) is 9.52. The first-order chi connectivity index (χ1) is 24.8. The summed E-state index contributed by atoms with van der Waals surface area (Å²) in [5, 5.41) is 16.9. The number of hydrogen-bond donors (Lipinski definition) is 3. The minimum absolute atomic E-state index is 0.0647. The molecule has 0 saturated carbocycles. The van der Waals surface area contributed by atoms with Crippen LogP contribution in [0.2, 0.25) is 0 Å². The summed E-state index contributed by atoms with van der Waals surface area (Å²) < 4.78 is 28.2. The van der Waals surface area contributed by atoms with E-state index in [-0.39, 0.29) is 48.2 Å². The minimum Gasteiger partial charge on any atom is -0.391 e. The summed E-state index contributed by atoms with van der Waals surface area (Å²) in [5.41, 5.74) is 1.58. The fourth-order valence-corrected chi connectivity index (χ4v) is 6.75. The molecule has 1 saturated heterocycles. The number of halogens is 2. The summed E-state index contributed by atoms with van der Waals surface area (Å²) in [4.78, 5) is 57.9. The number of piperidine rings is 1. The van der Waals surface area contributed by atoms with Crippen molar-refractivity contribution in [2.45, 2.75) is 97.1 Å². The smallest absolute Gasteiger partial charge is 0.253 e. The molecule has 288 valence electrons. The van der Waals surface area contributed by atoms with Gasteiger partial charge in [-0.25, -0.2) is 8.78 Å². The Balaban J connectivity index is 1.58. The van der Waals surface area contributed by atoms with Crippen molar-refractivity contribution in [2.75, 3.05) is 53.4 Å². The van der Waals surface area contributed by atoms with Crippen molar-refractivity contribution in [3.63, 3.8) is 0 Å². The summed E-state index contributed by atoms with van der Waals surface area (Å²) in [6, 6.07) is 7.03. The van der Waals surface area contributed by atoms with Gasteiger partial charge >= 0.3 is 0 Å². The average Bonchev–Trinajstić information content (AvgIpc) is 3.09. The SMILES string of the molecule is CCCN(CCC)C(=O)c1cc(C)cc(C(=O)N[C@@H](Cc2cc(F)cc(F)c2)[C@@H](O)CCNC(=O)CCC2CCN(C(=O)CCCN(C)C)CC2)c1. The van der Waals surface area contributed by atoms with Gasteiger partial charge in [0.1, 0.15) is 11.6 Å². The standard InChI is InChI=1S/C40H59F2N5O5/c1-6-16-47(17-7-2)40(52)32-22-28(3)21-31(26-32)39(51)44-35(25-30-23-33(41)27-34(42)24-30)36(48)12-15-43-37(49)11-10-29-13-19-46(20-14-29)38(50)9-8-18-45(4)5/h21-24,26-27,29,35-36,48H,6-20,25H2,1-5H3,(H,43,49)(H,44,51)/t35-,36-/m0/s1. The second-order valence-corrected chi connectivity index (χ2v) is 14.4. The van der Waals surface area contributed by atoms with Crippen LogP contribution in [-0.4, -0.2) is 109 Å². The highest BCUT2D eigenvalue weighted by Gasteiger charge is 2.26. The highest BCUT2D eigenvalue weighted by molar-refractivity contribution is 6.00. The van der Waals surface area contributed by atoms with Crippen molar-refractivity contribution in [3.8, 4) is 0 Å². The second kappa shape index (κ2) is 21.6. The third-order valence-electron chi connectivity index (χ3n) is 9.52. The van der Waals surface area contributed by atoms with E-state index >= 15 is 0 Å². The molecule has 2 atom stereocenters. The number of aliphatic hydroxyl groups excluding tert-OH is 1. The first-order valence-electron chi connectivity index (χ1n) is 18.8. The van der Waals surface area contributed by atoms with Crippen molar-refractivity contribution >= 4 is 23.6 Å². The number of carbonyl (C=O) groups excluding carboxylic acids is 4. The van der Waals surface area contributed by atoms with Crippen LogP contribution in [-0.2, 0) is 16.0 Å². The Labute approximate surface area is 308 Å². The van der Waals surface area contributed by atoms with Crippen LogP contribution in [0.3, 0.4) is 0 Å². The molecule has 1 aliphatic heterocycles. The summed E-state index contributed by atoms with van der Waals surface area (Å²) >= 11 is 0. The van der Waals surface area contributed by atoms with Crippen LogP contribution < -0.4 is 10.6 Å². The van der Waals surface area contributed by atoms with E-state index in [1.165, 1.54) is 6.07 Å². The van der Waals surface area contributed by atoms with Gasteiger partial charge in [0.25, 0.3) is 11.8 Å². The molecule has 0 aliphatic carbocycles. The third kappa shape index (κ3) is 14.3. The molecule has 0 bridgehead atoms. The van der Waals surface area contributed by atoms with Crippen molar-refractivity contribution in [2.24, 2.45) is 5.92 Å². The lowest BCUT2D eigenvalue weighted by Gasteiger charge is -2.32. The van der Waals surface area contributed by atoms with Gasteiger partial charge in [-0.1, -0.05) is 13.8 Å². The van der Waals surface area contributed by atoms with Gasteiger partial charge in [0.05, 0.1) is 12.1 Å². The van der Waals surface area contributed by atoms with Gasteiger partial charge in [0.2, 0.25) is 11.8 Å². The van der Waals surface area contributed by atoms with Gasteiger partial charge in [-0.2, -0.15) is 0 Å². The molecule has 0 radical (unpaired) electrons. The van der Waals surface area contributed by atoms with E-state index in [1.54, 1.807) is 24.0 Å². The molecule has 1 fully saturated rings. The quantitative estimate of drug-likeness (QED) is 0.175. The van der Waals surface area contributed by atoms with Gasteiger partial charge in [0.15, 0.2) is 0 Å². The predicted octanol–water partition coefficient (Wildman–Crippen LogP) is 5.10. The van der Waals surface area contributed by atoms with E-state index in [0.717, 1.165) is 56.8 Å². The van der Waals surface area contributed by atoms with E-state index in [9.17, 15) is 33.1 Å². The van der Waals surface area contributed by atoms with Gasteiger partial charge in [-0.15, -0.1) is 0 Å². The normalized spacial score (nSPS) is 14.6. The molecule has 3 N–H and O–H groups in total. The predicted molar refractivity (Wildman–Crippen MR) is 199 cm³/mol. The number of rotatable bonds is 20. The van der Waals surface area contributed by atoms with E-state index in [2.05, 4.69) is 15.5 Å². The fourth-order valence-electron chi connectivity index (χ4n) is 6.75. The first kappa shape index (κ1) is 42.5. The molecule has 0 unspecified atom stereocenters. The maximum Gasteiger partial charge on any atom is 0.253 e. The average molecular weight is 728 g/mol. The first-order valence-corrected chi connectivity index (χ1v) is 18.8. The maximum absolute atomic E-state index is 14.1. The minimum atomic E-state index is -1.16. The highest BCUT2D eigenvalue weighted by atomic mass is 19.1. The van der Waals surface area contributed by atoms with Gasteiger partial charge < -0.3 is 30.4 Å². The molecular weight excluding hydrogens is 668 g/mol. The lowest BCUT2D eigenvalue weighted by atomic mass is 9.92. The van der Waals surface area contributed by atoms with Gasteiger partial charge in [-0.05, 0) is 126 Å². The number of hydrogen-bond acceptors (Lipinski definition) is 6. The van der Waals surface area contributed by atoms with Crippen LogP contribution in [0.25, 0.3) is 0 Å². The van der Waals surface area contributed by atoms with Gasteiger partial charge in [0, 0.05) is 62.8 Å². The molecule has 2 aromatic rings. The Morgan fingerprint density at radius 3 is 2.15 bits per heavy atom. The van der Waals surface area contributed by atoms with Crippen LogP contribution >= 0.6 is 0 Å². The van der Waals surface area contributed by atoms with E-state index < -0.39 is 29.7 Å². The Kier molecular flexibility index (Phi) is 17.6. The number of nitrogens with zero attached hydrogens (tertiary/aromatic N) is 3. The Morgan fingerprint density at radius 1 is 0.904 bits per heavy atom. The van der Waals surface area contributed by atoms with Crippen LogP contribution in [0.4, 0.5) is 8.78 Å². The van der Waals surface area contributed by atoms with Crippen molar-refractivity contribution in [1.29, 1.82) is 0 Å². The van der Waals surface area contributed by atoms with Crippen LogP contribution in [0.5, 0.6) is 0 Å². The topological polar surface area (TPSA) is 122 Å². The number of aryl methyl sites for hydroxylation is 1. The molecule has 52 heavy (non-hydrogen) atoms. The zero-order chi connectivity index (χ0) is 38.2. The highest BCUT2D eigenvalue weighted by Crippen LogP contribution is 2.23.